The molecule has 3 aromatic rings. The fraction of sp³-hybridized carbons (Fsp3) is 0.250. The molecule has 1 aromatic carbocycles. The first-order valence-electron chi connectivity index (χ1n) is 7.44. The van der Waals surface area contributed by atoms with Crippen LogP contribution < -0.4 is 5.32 Å². The highest BCUT2D eigenvalue weighted by atomic mass is 19.3. The van der Waals surface area contributed by atoms with Gasteiger partial charge in [-0.25, -0.2) is 9.97 Å². The van der Waals surface area contributed by atoms with Crippen molar-refractivity contribution in [2.45, 2.75) is 24.8 Å². The molecule has 0 unspecified atom stereocenters. The van der Waals surface area contributed by atoms with E-state index in [2.05, 4.69) is 37.6 Å². The zero-order chi connectivity index (χ0) is 16.6. The number of nitrogens with one attached hydrogen (secondary N) is 1. The van der Waals surface area contributed by atoms with Crippen molar-refractivity contribution >= 4 is 5.95 Å². The first-order valence-corrected chi connectivity index (χ1v) is 7.44. The second kappa shape index (κ2) is 5.63. The molecule has 4 rings (SSSR count). The number of aromatic nitrogens is 4. The van der Waals surface area contributed by atoms with Gasteiger partial charge in [0.2, 0.25) is 5.95 Å². The fourth-order valence-corrected chi connectivity index (χ4v) is 2.52. The standard InChI is InChI=1S/C16H13F2N5O/c17-12(18)14-23-22-13(24-14)10-8-19-15(20-9-10)21-16(6-7-16)11-4-2-1-3-5-11/h1-5,8-9,12H,6-7H2,(H,19,20,21). The summed E-state index contributed by atoms with van der Waals surface area (Å²) in [5, 5.41) is 10.2. The van der Waals surface area contributed by atoms with Crippen molar-refractivity contribution in [1.82, 2.24) is 20.2 Å². The van der Waals surface area contributed by atoms with Gasteiger partial charge in [-0.1, -0.05) is 30.3 Å². The minimum absolute atomic E-state index is 0.0268. The summed E-state index contributed by atoms with van der Waals surface area (Å²) in [6.45, 7) is 0. The summed E-state index contributed by atoms with van der Waals surface area (Å²) in [6, 6.07) is 10.1. The van der Waals surface area contributed by atoms with Crippen LogP contribution in [0.5, 0.6) is 0 Å². The normalized spacial score (nSPS) is 15.5. The average Bonchev–Trinajstić information content (AvgIpc) is 3.21. The molecule has 6 nitrogen and oxygen atoms in total. The largest absolute Gasteiger partial charge is 0.415 e. The maximum absolute atomic E-state index is 12.5. The third-order valence-corrected chi connectivity index (χ3v) is 3.95. The Kier molecular flexibility index (Phi) is 3.44. The van der Waals surface area contributed by atoms with Crippen molar-refractivity contribution in [3.8, 4) is 11.5 Å². The SMILES string of the molecule is FC(F)c1nnc(-c2cnc(NC3(c4ccccc4)CC3)nc2)o1. The zero-order valence-corrected chi connectivity index (χ0v) is 12.5. The van der Waals surface area contributed by atoms with Crippen LogP contribution >= 0.6 is 0 Å². The van der Waals surface area contributed by atoms with Crippen LogP contribution in [0.25, 0.3) is 11.5 Å². The Morgan fingerprint density at radius 1 is 1.04 bits per heavy atom. The lowest BCUT2D eigenvalue weighted by atomic mass is 10.1. The lowest BCUT2D eigenvalue weighted by Gasteiger charge is -2.17. The van der Waals surface area contributed by atoms with E-state index in [4.69, 9.17) is 4.42 Å². The predicted octanol–water partition coefficient (Wildman–Crippen LogP) is 3.57. The molecule has 1 N–H and O–H groups in total. The molecule has 0 saturated heterocycles. The van der Waals surface area contributed by atoms with Gasteiger partial charge in [-0.3, -0.25) is 0 Å². The molecule has 1 fully saturated rings. The van der Waals surface area contributed by atoms with Gasteiger partial charge in [-0.15, -0.1) is 10.2 Å². The molecule has 1 aliphatic rings. The molecule has 2 heterocycles. The van der Waals surface area contributed by atoms with Crippen molar-refractivity contribution in [3.63, 3.8) is 0 Å². The Balaban J connectivity index is 1.52. The molecule has 1 aliphatic carbocycles. The smallest absolute Gasteiger partial charge is 0.314 e. The summed E-state index contributed by atoms with van der Waals surface area (Å²) < 4.78 is 29.8. The topological polar surface area (TPSA) is 76.7 Å². The second-order valence-corrected chi connectivity index (χ2v) is 5.61. The van der Waals surface area contributed by atoms with Gasteiger partial charge in [0.15, 0.2) is 0 Å². The number of hydrogen-bond acceptors (Lipinski definition) is 6. The summed E-state index contributed by atoms with van der Waals surface area (Å²) in [7, 11) is 0. The summed E-state index contributed by atoms with van der Waals surface area (Å²) >= 11 is 0. The van der Waals surface area contributed by atoms with E-state index in [1.165, 1.54) is 18.0 Å². The van der Waals surface area contributed by atoms with Gasteiger partial charge in [0.25, 0.3) is 11.8 Å². The maximum atomic E-state index is 12.5. The first-order chi connectivity index (χ1) is 11.7. The van der Waals surface area contributed by atoms with Gasteiger partial charge in [0.05, 0.1) is 11.1 Å². The molecule has 1 saturated carbocycles. The third-order valence-electron chi connectivity index (χ3n) is 3.95. The molecular weight excluding hydrogens is 316 g/mol. The highest BCUT2D eigenvalue weighted by molar-refractivity contribution is 5.51. The number of alkyl halides is 2. The van der Waals surface area contributed by atoms with Crippen molar-refractivity contribution in [2.75, 3.05) is 5.32 Å². The van der Waals surface area contributed by atoms with Gasteiger partial charge in [0, 0.05) is 12.4 Å². The third kappa shape index (κ3) is 2.70. The van der Waals surface area contributed by atoms with E-state index in [0.29, 0.717) is 11.5 Å². The summed E-state index contributed by atoms with van der Waals surface area (Å²) in [4.78, 5) is 8.44. The molecule has 122 valence electrons. The van der Waals surface area contributed by atoms with Gasteiger partial charge in [-0.05, 0) is 18.4 Å². The number of anilines is 1. The molecule has 0 amide bonds. The van der Waals surface area contributed by atoms with Crippen LogP contribution in [-0.4, -0.2) is 20.2 Å². The monoisotopic (exact) mass is 329 g/mol. The molecule has 0 atom stereocenters. The van der Waals surface area contributed by atoms with Crippen LogP contribution in [0.4, 0.5) is 14.7 Å². The molecule has 24 heavy (non-hydrogen) atoms. The van der Waals surface area contributed by atoms with Gasteiger partial charge in [0.1, 0.15) is 0 Å². The van der Waals surface area contributed by atoms with Crippen LogP contribution in [0.1, 0.15) is 30.7 Å². The number of rotatable bonds is 5. The van der Waals surface area contributed by atoms with E-state index in [0.717, 1.165) is 12.8 Å². The Morgan fingerprint density at radius 2 is 1.75 bits per heavy atom. The Morgan fingerprint density at radius 3 is 2.33 bits per heavy atom. The number of benzene rings is 1. The minimum Gasteiger partial charge on any atom is -0.415 e. The van der Waals surface area contributed by atoms with Gasteiger partial charge >= 0.3 is 6.43 Å². The Hall–Kier alpha value is -2.90. The molecule has 0 spiro atoms. The van der Waals surface area contributed by atoms with Crippen LogP contribution in [0.15, 0.2) is 47.1 Å². The molecule has 8 heteroatoms. The zero-order valence-electron chi connectivity index (χ0n) is 12.5. The molecular formula is C16H13F2N5O. The predicted molar refractivity (Wildman–Crippen MR) is 81.3 cm³/mol. The maximum Gasteiger partial charge on any atom is 0.314 e. The van der Waals surface area contributed by atoms with E-state index in [1.54, 1.807) is 0 Å². The molecule has 0 bridgehead atoms. The van der Waals surface area contributed by atoms with Crippen LogP contribution in [0.3, 0.4) is 0 Å². The quantitative estimate of drug-likeness (QED) is 0.771. The number of hydrogen-bond donors (Lipinski definition) is 1. The van der Waals surface area contributed by atoms with Crippen molar-refractivity contribution in [3.05, 3.63) is 54.2 Å². The highest BCUT2D eigenvalue weighted by Crippen LogP contribution is 2.47. The highest BCUT2D eigenvalue weighted by Gasteiger charge is 2.44. The summed E-state index contributed by atoms with van der Waals surface area (Å²) in [5.41, 5.74) is 1.46. The number of nitrogens with zero attached hydrogens (tertiary/aromatic N) is 4. The van der Waals surface area contributed by atoms with Crippen molar-refractivity contribution < 1.29 is 13.2 Å². The minimum atomic E-state index is -2.80. The molecule has 0 aliphatic heterocycles. The Bertz CT molecular complexity index is 831. The molecule has 0 radical (unpaired) electrons. The van der Waals surface area contributed by atoms with E-state index < -0.39 is 12.3 Å². The second-order valence-electron chi connectivity index (χ2n) is 5.61. The van der Waals surface area contributed by atoms with Crippen LogP contribution in [-0.2, 0) is 5.54 Å². The summed E-state index contributed by atoms with van der Waals surface area (Å²) in [6.07, 6.45) is 2.15. The summed E-state index contributed by atoms with van der Waals surface area (Å²) in [5.74, 6) is -0.275. The van der Waals surface area contributed by atoms with Gasteiger partial charge in [-0.2, -0.15) is 8.78 Å². The first kappa shape index (κ1) is 14.7. The molecule has 2 aromatic heterocycles. The van der Waals surface area contributed by atoms with E-state index >= 15 is 0 Å². The lowest BCUT2D eigenvalue weighted by molar-refractivity contribution is 0.116. The van der Waals surface area contributed by atoms with Gasteiger partial charge < -0.3 is 9.73 Å². The Labute approximate surface area is 136 Å². The van der Waals surface area contributed by atoms with Crippen LogP contribution in [0.2, 0.25) is 0 Å². The van der Waals surface area contributed by atoms with E-state index in [9.17, 15) is 8.78 Å². The van der Waals surface area contributed by atoms with Crippen molar-refractivity contribution in [1.29, 1.82) is 0 Å². The van der Waals surface area contributed by atoms with E-state index in [-0.39, 0.29) is 11.4 Å². The van der Waals surface area contributed by atoms with E-state index in [1.807, 2.05) is 18.2 Å². The average molecular weight is 329 g/mol. The van der Waals surface area contributed by atoms with Crippen LogP contribution in [0, 0.1) is 0 Å². The van der Waals surface area contributed by atoms with Crippen molar-refractivity contribution in [2.24, 2.45) is 0 Å². The number of halogens is 2. The fourth-order valence-electron chi connectivity index (χ4n) is 2.52. The lowest BCUT2D eigenvalue weighted by Crippen LogP contribution is -2.20.